The smallest absolute Gasteiger partial charge is 0.132 e. The maximum absolute atomic E-state index is 9.35. The molecule has 0 unspecified atom stereocenters. The van der Waals surface area contributed by atoms with Crippen LogP contribution in [0.3, 0.4) is 0 Å². The SMILES string of the molecule is CC1(C)CC(/C=C/c2ccc(N(c3ccccc3)c3cccc4ccccc34)cc2)=CC(=C(C#N)C#N)C1. The van der Waals surface area contributed by atoms with Crippen molar-refractivity contribution in [1.29, 1.82) is 10.5 Å². The first-order valence-corrected chi connectivity index (χ1v) is 12.8. The highest BCUT2D eigenvalue weighted by Gasteiger charge is 2.26. The van der Waals surface area contributed by atoms with Gasteiger partial charge >= 0.3 is 0 Å². The summed E-state index contributed by atoms with van der Waals surface area (Å²) in [5.41, 5.74) is 6.59. The molecule has 0 amide bonds. The number of rotatable bonds is 5. The number of anilines is 3. The number of fused-ring (bicyclic) bond motifs is 1. The second kappa shape index (κ2) is 10.6. The Kier molecular flexibility index (Phi) is 6.94. The van der Waals surface area contributed by atoms with Crippen molar-refractivity contribution < 1.29 is 0 Å². The molecule has 0 radical (unpaired) electrons. The lowest BCUT2D eigenvalue weighted by molar-refractivity contribution is 0.354. The van der Waals surface area contributed by atoms with Crippen molar-refractivity contribution in [3.8, 4) is 12.1 Å². The van der Waals surface area contributed by atoms with Gasteiger partial charge in [-0.2, -0.15) is 10.5 Å². The fourth-order valence-corrected chi connectivity index (χ4v) is 5.24. The van der Waals surface area contributed by atoms with E-state index in [1.807, 2.05) is 12.1 Å². The summed E-state index contributed by atoms with van der Waals surface area (Å²) in [6, 6.07) is 38.0. The third-order valence-electron chi connectivity index (χ3n) is 6.92. The standard InChI is InChI=1S/C35H29N3/c1-35(2)22-27(21-29(23-35)30(24-36)25-37)16-15-26-17-19-32(20-18-26)38(31-11-4-3-5-12-31)34-14-8-10-28-9-6-7-13-33(28)34/h3-21H,22-23H2,1-2H3/b16-15+. The fourth-order valence-electron chi connectivity index (χ4n) is 5.24. The molecular weight excluding hydrogens is 462 g/mol. The van der Waals surface area contributed by atoms with Crippen LogP contribution < -0.4 is 4.90 Å². The lowest BCUT2D eigenvalue weighted by atomic mass is 9.74. The minimum Gasteiger partial charge on any atom is -0.310 e. The second-order valence-corrected chi connectivity index (χ2v) is 10.5. The van der Waals surface area contributed by atoms with E-state index in [9.17, 15) is 10.5 Å². The molecule has 3 heteroatoms. The molecule has 4 aromatic rings. The Bertz CT molecular complexity index is 1620. The zero-order chi connectivity index (χ0) is 26.5. The summed E-state index contributed by atoms with van der Waals surface area (Å²) in [5.74, 6) is 0. The number of benzene rings is 4. The van der Waals surface area contributed by atoms with Gasteiger partial charge < -0.3 is 4.90 Å². The highest BCUT2D eigenvalue weighted by Crippen LogP contribution is 2.40. The Morgan fingerprint density at radius 2 is 1.39 bits per heavy atom. The second-order valence-electron chi connectivity index (χ2n) is 10.5. The van der Waals surface area contributed by atoms with E-state index in [-0.39, 0.29) is 11.0 Å². The van der Waals surface area contributed by atoms with Crippen molar-refractivity contribution in [1.82, 2.24) is 0 Å². The molecule has 0 aliphatic heterocycles. The zero-order valence-corrected chi connectivity index (χ0v) is 21.7. The van der Waals surface area contributed by atoms with Gasteiger partial charge in [-0.25, -0.2) is 0 Å². The van der Waals surface area contributed by atoms with Crippen LogP contribution in [0.15, 0.2) is 126 Å². The number of para-hydroxylation sites is 1. The molecule has 0 atom stereocenters. The monoisotopic (exact) mass is 491 g/mol. The van der Waals surface area contributed by atoms with E-state index >= 15 is 0 Å². The molecule has 184 valence electrons. The van der Waals surface area contributed by atoms with E-state index in [1.165, 1.54) is 10.8 Å². The molecule has 0 bridgehead atoms. The molecule has 4 aromatic carbocycles. The summed E-state index contributed by atoms with van der Waals surface area (Å²) in [6.45, 7) is 4.36. The molecule has 0 fully saturated rings. The van der Waals surface area contributed by atoms with Gasteiger partial charge in [0.25, 0.3) is 0 Å². The number of hydrogen-bond acceptors (Lipinski definition) is 3. The average molecular weight is 492 g/mol. The van der Waals surface area contributed by atoms with Gasteiger partial charge in [0.15, 0.2) is 0 Å². The van der Waals surface area contributed by atoms with Gasteiger partial charge in [-0.15, -0.1) is 0 Å². The van der Waals surface area contributed by atoms with Crippen LogP contribution in [-0.4, -0.2) is 0 Å². The Labute approximate surface area is 224 Å². The quantitative estimate of drug-likeness (QED) is 0.261. The zero-order valence-electron chi connectivity index (χ0n) is 21.7. The van der Waals surface area contributed by atoms with Crippen LogP contribution in [0.1, 0.15) is 32.3 Å². The van der Waals surface area contributed by atoms with Crippen molar-refractivity contribution in [3.05, 3.63) is 131 Å². The first kappa shape index (κ1) is 24.8. The normalized spacial score (nSPS) is 14.5. The van der Waals surface area contributed by atoms with Crippen LogP contribution in [0.2, 0.25) is 0 Å². The van der Waals surface area contributed by atoms with Crippen molar-refractivity contribution in [2.75, 3.05) is 4.90 Å². The summed E-state index contributed by atoms with van der Waals surface area (Å²) in [6.07, 6.45) is 7.87. The van der Waals surface area contributed by atoms with Gasteiger partial charge in [0.05, 0.1) is 5.69 Å². The molecule has 0 spiro atoms. The van der Waals surface area contributed by atoms with Crippen LogP contribution in [0.4, 0.5) is 17.1 Å². The average Bonchev–Trinajstić information content (AvgIpc) is 2.93. The molecule has 38 heavy (non-hydrogen) atoms. The first-order chi connectivity index (χ1) is 18.5. The van der Waals surface area contributed by atoms with Crippen molar-refractivity contribution in [2.24, 2.45) is 5.41 Å². The van der Waals surface area contributed by atoms with Crippen LogP contribution in [-0.2, 0) is 0 Å². The number of hydrogen-bond donors (Lipinski definition) is 0. The minimum absolute atomic E-state index is 0.00120. The summed E-state index contributed by atoms with van der Waals surface area (Å²) >= 11 is 0. The van der Waals surface area contributed by atoms with Gasteiger partial charge in [0.1, 0.15) is 17.7 Å². The van der Waals surface area contributed by atoms with E-state index < -0.39 is 0 Å². The van der Waals surface area contributed by atoms with Crippen LogP contribution >= 0.6 is 0 Å². The lowest BCUT2D eigenvalue weighted by Gasteiger charge is -2.30. The van der Waals surface area contributed by atoms with Crippen molar-refractivity contribution >= 4 is 33.9 Å². The van der Waals surface area contributed by atoms with Crippen LogP contribution in [0, 0.1) is 28.1 Å². The molecule has 1 aliphatic rings. The van der Waals surface area contributed by atoms with Gasteiger partial charge in [0.2, 0.25) is 0 Å². The Balaban J connectivity index is 1.49. The number of nitrogens with zero attached hydrogens (tertiary/aromatic N) is 3. The van der Waals surface area contributed by atoms with Crippen molar-refractivity contribution in [3.63, 3.8) is 0 Å². The van der Waals surface area contributed by atoms with E-state index in [1.54, 1.807) is 0 Å². The molecule has 3 nitrogen and oxygen atoms in total. The maximum Gasteiger partial charge on any atom is 0.132 e. The Morgan fingerprint density at radius 1 is 0.737 bits per heavy atom. The van der Waals surface area contributed by atoms with Crippen LogP contribution in [0.25, 0.3) is 16.8 Å². The largest absolute Gasteiger partial charge is 0.310 e. The third-order valence-corrected chi connectivity index (χ3v) is 6.92. The highest BCUT2D eigenvalue weighted by atomic mass is 15.1. The summed E-state index contributed by atoms with van der Waals surface area (Å²) in [5, 5.41) is 21.1. The predicted molar refractivity (Wildman–Crippen MR) is 157 cm³/mol. The summed E-state index contributed by atoms with van der Waals surface area (Å²) in [7, 11) is 0. The Hall–Kier alpha value is -4.86. The molecule has 0 heterocycles. The van der Waals surface area contributed by atoms with E-state index in [0.29, 0.717) is 0 Å². The van der Waals surface area contributed by atoms with Gasteiger partial charge in [0, 0.05) is 16.8 Å². The van der Waals surface area contributed by atoms with Gasteiger partial charge in [-0.05, 0) is 70.7 Å². The van der Waals surface area contributed by atoms with Gasteiger partial charge in [-0.1, -0.05) is 98.8 Å². The fraction of sp³-hybridized carbons (Fsp3) is 0.143. The summed E-state index contributed by atoms with van der Waals surface area (Å²) < 4.78 is 0. The minimum atomic E-state index is 0.00120. The third kappa shape index (κ3) is 5.29. The number of allylic oxidation sites excluding steroid dienone is 5. The topological polar surface area (TPSA) is 50.8 Å². The molecule has 0 saturated heterocycles. The van der Waals surface area contributed by atoms with Crippen molar-refractivity contribution in [2.45, 2.75) is 26.7 Å². The molecule has 0 saturated carbocycles. The van der Waals surface area contributed by atoms with E-state index in [0.717, 1.165) is 46.6 Å². The van der Waals surface area contributed by atoms with E-state index in [4.69, 9.17) is 0 Å². The maximum atomic E-state index is 9.35. The van der Waals surface area contributed by atoms with E-state index in [2.05, 4.69) is 134 Å². The predicted octanol–water partition coefficient (Wildman–Crippen LogP) is 9.41. The molecule has 0 aromatic heterocycles. The molecular formula is C35H29N3. The first-order valence-electron chi connectivity index (χ1n) is 12.8. The molecule has 1 aliphatic carbocycles. The van der Waals surface area contributed by atoms with Crippen LogP contribution in [0.5, 0.6) is 0 Å². The number of nitriles is 2. The summed E-state index contributed by atoms with van der Waals surface area (Å²) in [4.78, 5) is 2.30. The molecule has 0 N–H and O–H groups in total. The lowest BCUT2D eigenvalue weighted by Crippen LogP contribution is -2.17. The van der Waals surface area contributed by atoms with Gasteiger partial charge in [-0.3, -0.25) is 0 Å². The molecule has 5 rings (SSSR count). The Morgan fingerprint density at radius 3 is 2.13 bits per heavy atom. The highest BCUT2D eigenvalue weighted by molar-refractivity contribution is 5.98.